The number of rotatable bonds is 16. The van der Waals surface area contributed by atoms with Crippen LogP contribution in [0, 0.1) is 0 Å². The zero-order chi connectivity index (χ0) is 18.8. The van der Waals surface area contributed by atoms with Gasteiger partial charge in [0.2, 0.25) is 5.91 Å². The second-order valence-electron chi connectivity index (χ2n) is 6.36. The molecule has 0 bridgehead atoms. The monoisotopic (exact) mass is 342 g/mol. The lowest BCUT2D eigenvalue weighted by atomic mass is 10.1. The fourth-order valence-electron chi connectivity index (χ4n) is 2.44. The van der Waals surface area contributed by atoms with Crippen LogP contribution in [-0.2, 0) is 4.79 Å². The molecule has 5 nitrogen and oxygen atoms in total. The van der Waals surface area contributed by atoms with Crippen molar-refractivity contribution in [2.75, 3.05) is 19.6 Å². The zero-order valence-electron chi connectivity index (χ0n) is 16.8. The maximum Gasteiger partial charge on any atom is 0.321 e. The number of amides is 3. The Bertz CT molecular complexity index is 341. The summed E-state index contributed by atoms with van der Waals surface area (Å²) in [6, 6.07) is -0.443. The molecule has 0 heterocycles. The van der Waals surface area contributed by atoms with Crippen molar-refractivity contribution in [1.82, 2.24) is 16.0 Å². The van der Waals surface area contributed by atoms with E-state index in [0.29, 0.717) is 6.54 Å². The highest BCUT2D eigenvalue weighted by Crippen LogP contribution is 2.04. The second-order valence-corrected chi connectivity index (χ2v) is 6.36. The Morgan fingerprint density at radius 1 is 0.792 bits per heavy atom. The molecule has 0 saturated carbocycles. The minimum Gasteiger partial charge on any atom is -0.338 e. The van der Waals surface area contributed by atoms with E-state index in [1.54, 1.807) is 0 Å². The maximum absolute atomic E-state index is 11.7. The van der Waals surface area contributed by atoms with Crippen molar-refractivity contribution < 1.29 is 11.0 Å². The first-order valence-corrected chi connectivity index (χ1v) is 9.83. The van der Waals surface area contributed by atoms with Crippen molar-refractivity contribution in [3.63, 3.8) is 0 Å². The molecule has 3 amide bonds. The van der Waals surface area contributed by atoms with E-state index in [1.807, 2.05) is 0 Å². The van der Waals surface area contributed by atoms with Gasteiger partial charge < -0.3 is 10.6 Å². The molecular weight excluding hydrogens is 302 g/mol. The fraction of sp³-hybridized carbons (Fsp3) is 0.895. The molecule has 0 aromatic rings. The number of urea groups is 1. The first-order chi connectivity index (χ1) is 12.1. The third kappa shape index (κ3) is 17.3. The summed E-state index contributed by atoms with van der Waals surface area (Å²) < 4.78 is 7.84. The normalized spacial score (nSPS) is 12.5. The molecule has 0 rings (SSSR count). The van der Waals surface area contributed by atoms with Gasteiger partial charge in [-0.2, -0.15) is 0 Å². The number of imide groups is 1. The van der Waals surface area contributed by atoms with Gasteiger partial charge in [-0.05, 0) is 19.4 Å². The fourth-order valence-corrected chi connectivity index (χ4v) is 2.44. The molecule has 0 aromatic heterocycles. The Morgan fingerprint density at radius 3 is 1.96 bits per heavy atom. The van der Waals surface area contributed by atoms with Gasteiger partial charge in [0.25, 0.3) is 0 Å². The highest BCUT2D eigenvalue weighted by Gasteiger charge is 2.06. The lowest BCUT2D eigenvalue weighted by Crippen LogP contribution is -2.43. The summed E-state index contributed by atoms with van der Waals surface area (Å²) in [4.78, 5) is 23.3. The molecule has 0 aliphatic rings. The Labute approximate surface area is 150 Å². The van der Waals surface area contributed by atoms with Crippen molar-refractivity contribution in [3.05, 3.63) is 0 Å². The number of carbonyl (C=O) groups excluding carboxylic acids is 2. The SMILES string of the molecule is [2H]C(CCCCCCC)NCC(=O)NC(=O)NCCCCCCCC. The number of unbranched alkanes of at least 4 members (excludes halogenated alkanes) is 9. The van der Waals surface area contributed by atoms with Gasteiger partial charge in [0.05, 0.1) is 6.54 Å². The summed E-state index contributed by atoms with van der Waals surface area (Å²) in [5.74, 6) is -0.385. The molecule has 1 atom stereocenters. The molecule has 142 valence electrons. The maximum atomic E-state index is 11.7. The summed E-state index contributed by atoms with van der Waals surface area (Å²) in [6.07, 6.45) is 13.5. The van der Waals surface area contributed by atoms with Crippen LogP contribution < -0.4 is 16.0 Å². The van der Waals surface area contributed by atoms with E-state index >= 15 is 0 Å². The molecule has 0 fully saturated rings. The van der Waals surface area contributed by atoms with E-state index in [9.17, 15) is 9.59 Å². The number of nitrogens with one attached hydrogen (secondary N) is 3. The first-order valence-electron chi connectivity index (χ1n) is 10.4. The quantitative estimate of drug-likeness (QED) is 0.369. The van der Waals surface area contributed by atoms with E-state index in [2.05, 4.69) is 29.8 Å². The molecule has 0 spiro atoms. The third-order valence-corrected chi connectivity index (χ3v) is 3.93. The van der Waals surface area contributed by atoms with Crippen LogP contribution in [0.25, 0.3) is 0 Å². The highest BCUT2D eigenvalue weighted by atomic mass is 16.2. The predicted octanol–water partition coefficient (Wildman–Crippen LogP) is 4.12. The van der Waals surface area contributed by atoms with Gasteiger partial charge in [-0.15, -0.1) is 0 Å². The number of carbonyl (C=O) groups is 2. The van der Waals surface area contributed by atoms with Crippen molar-refractivity contribution in [2.45, 2.75) is 90.9 Å². The van der Waals surface area contributed by atoms with Gasteiger partial charge in [0, 0.05) is 7.92 Å². The summed E-state index contributed by atoms with van der Waals surface area (Å²) >= 11 is 0. The van der Waals surface area contributed by atoms with E-state index in [1.165, 1.54) is 44.9 Å². The van der Waals surface area contributed by atoms with Crippen LogP contribution in [0.2, 0.25) is 0 Å². The molecule has 0 aliphatic carbocycles. The third-order valence-electron chi connectivity index (χ3n) is 3.93. The topological polar surface area (TPSA) is 70.2 Å². The molecule has 24 heavy (non-hydrogen) atoms. The zero-order valence-corrected chi connectivity index (χ0v) is 15.8. The Morgan fingerprint density at radius 2 is 1.33 bits per heavy atom. The van der Waals surface area contributed by atoms with Gasteiger partial charge >= 0.3 is 6.03 Å². The average molecular weight is 343 g/mol. The molecule has 0 saturated heterocycles. The Hall–Kier alpha value is -1.10. The van der Waals surface area contributed by atoms with Crippen molar-refractivity contribution in [1.29, 1.82) is 0 Å². The number of hydrogen-bond donors (Lipinski definition) is 3. The van der Waals surface area contributed by atoms with E-state index in [-0.39, 0.29) is 12.5 Å². The predicted molar refractivity (Wildman–Crippen MR) is 101 cm³/mol. The molecular formula is C19H39N3O2. The Kier molecular flexibility index (Phi) is 15.9. The van der Waals surface area contributed by atoms with Crippen LogP contribution in [0.5, 0.6) is 0 Å². The van der Waals surface area contributed by atoms with Crippen LogP contribution in [0.1, 0.15) is 92.3 Å². The van der Waals surface area contributed by atoms with E-state index < -0.39 is 12.6 Å². The average Bonchev–Trinajstić information content (AvgIpc) is 2.59. The van der Waals surface area contributed by atoms with Crippen molar-refractivity contribution in [2.24, 2.45) is 0 Å². The first kappa shape index (κ1) is 20.9. The molecule has 5 heteroatoms. The van der Waals surface area contributed by atoms with Crippen molar-refractivity contribution in [3.8, 4) is 0 Å². The highest BCUT2D eigenvalue weighted by molar-refractivity contribution is 5.95. The second kappa shape index (κ2) is 18.2. The van der Waals surface area contributed by atoms with Gasteiger partial charge in [-0.3, -0.25) is 10.1 Å². The number of hydrogen-bond acceptors (Lipinski definition) is 3. The lowest BCUT2D eigenvalue weighted by molar-refractivity contribution is -0.119. The van der Waals surface area contributed by atoms with Gasteiger partial charge in [0.15, 0.2) is 0 Å². The van der Waals surface area contributed by atoms with Gasteiger partial charge in [-0.1, -0.05) is 78.1 Å². The van der Waals surface area contributed by atoms with Crippen LogP contribution in [0.4, 0.5) is 4.79 Å². The molecule has 0 radical (unpaired) electrons. The van der Waals surface area contributed by atoms with Crippen LogP contribution in [-0.4, -0.2) is 31.5 Å². The van der Waals surface area contributed by atoms with Gasteiger partial charge in [-0.25, -0.2) is 4.79 Å². The molecule has 0 aliphatic heterocycles. The standard InChI is InChI=1S/C19H39N3O2/c1-3-5-7-9-11-13-15-20-17-18(23)22-19(24)21-16-14-12-10-8-6-4-2/h20H,3-17H2,1-2H3,(H2,21,22,23,24)/i15D. The largest absolute Gasteiger partial charge is 0.338 e. The summed E-state index contributed by atoms with van der Waals surface area (Å²) in [5, 5.41) is 7.85. The minimum absolute atomic E-state index is 0.00750. The van der Waals surface area contributed by atoms with Gasteiger partial charge in [0.1, 0.15) is 0 Å². The van der Waals surface area contributed by atoms with Crippen LogP contribution in [0.3, 0.4) is 0 Å². The summed E-state index contributed by atoms with van der Waals surface area (Å²) in [5.41, 5.74) is 0. The van der Waals surface area contributed by atoms with Crippen LogP contribution in [0.15, 0.2) is 0 Å². The lowest BCUT2D eigenvalue weighted by Gasteiger charge is -2.08. The van der Waals surface area contributed by atoms with E-state index in [4.69, 9.17) is 1.37 Å². The Balaban J connectivity index is 3.52. The van der Waals surface area contributed by atoms with Crippen LogP contribution >= 0.6 is 0 Å². The molecule has 3 N–H and O–H groups in total. The smallest absolute Gasteiger partial charge is 0.321 e. The minimum atomic E-state index is -0.446. The van der Waals surface area contributed by atoms with Crippen molar-refractivity contribution >= 4 is 11.9 Å². The summed E-state index contributed by atoms with van der Waals surface area (Å²) in [6.45, 7) is 4.52. The molecule has 0 aromatic carbocycles. The summed E-state index contributed by atoms with van der Waals surface area (Å²) in [7, 11) is 0. The molecule has 1 unspecified atom stereocenters. The van der Waals surface area contributed by atoms with E-state index in [0.717, 1.165) is 32.1 Å².